The van der Waals surface area contributed by atoms with Crippen LogP contribution in [0.3, 0.4) is 0 Å². The van der Waals surface area contributed by atoms with Crippen molar-refractivity contribution < 1.29 is 9.59 Å². The predicted octanol–water partition coefficient (Wildman–Crippen LogP) is 1.02. The van der Waals surface area contributed by atoms with Crippen LogP contribution in [0.4, 0.5) is 5.82 Å². The minimum absolute atomic E-state index is 0.196. The van der Waals surface area contributed by atoms with Crippen LogP contribution in [0.2, 0.25) is 0 Å². The fourth-order valence-electron chi connectivity index (χ4n) is 3.21. The molecule has 1 aliphatic rings. The van der Waals surface area contributed by atoms with Crippen molar-refractivity contribution in [3.8, 4) is 5.95 Å². The normalized spacial score (nSPS) is 17.0. The number of aromatic amines is 1. The van der Waals surface area contributed by atoms with Crippen molar-refractivity contribution in [2.24, 2.45) is 5.92 Å². The van der Waals surface area contributed by atoms with Gasteiger partial charge >= 0.3 is 11.8 Å². The summed E-state index contributed by atoms with van der Waals surface area (Å²) in [5.41, 5.74) is 0.923. The van der Waals surface area contributed by atoms with Crippen LogP contribution >= 0.6 is 0 Å². The van der Waals surface area contributed by atoms with Gasteiger partial charge in [0, 0.05) is 30.9 Å². The molecule has 0 radical (unpaired) electrons. The van der Waals surface area contributed by atoms with Gasteiger partial charge in [-0.15, -0.1) is 0 Å². The second-order valence-electron chi connectivity index (χ2n) is 6.95. The van der Waals surface area contributed by atoms with E-state index < -0.39 is 11.8 Å². The van der Waals surface area contributed by atoms with Gasteiger partial charge in [0.2, 0.25) is 5.95 Å². The maximum atomic E-state index is 12.5. The summed E-state index contributed by atoms with van der Waals surface area (Å²) in [4.78, 5) is 45.3. The molecule has 1 saturated heterocycles. The van der Waals surface area contributed by atoms with E-state index in [2.05, 4.69) is 27.3 Å². The minimum Gasteiger partial charge on any atom is -0.334 e. The molecule has 2 aromatic rings. The van der Waals surface area contributed by atoms with Crippen molar-refractivity contribution in [3.05, 3.63) is 33.9 Å². The molecule has 144 valence electrons. The number of hydrogen-bond acceptors (Lipinski definition) is 5. The lowest BCUT2D eigenvalue weighted by Gasteiger charge is -2.30. The zero-order valence-corrected chi connectivity index (χ0v) is 15.8. The van der Waals surface area contributed by atoms with Crippen molar-refractivity contribution in [2.45, 2.75) is 40.0 Å². The quantitative estimate of drug-likeness (QED) is 0.781. The van der Waals surface area contributed by atoms with Gasteiger partial charge in [-0.05, 0) is 32.1 Å². The largest absolute Gasteiger partial charge is 0.334 e. The number of aromatic nitrogens is 4. The number of aryl methyl sites for hydroxylation is 2. The second kappa shape index (κ2) is 7.73. The molecule has 1 fully saturated rings. The Morgan fingerprint density at radius 2 is 2.15 bits per heavy atom. The molecular formula is C18H24N6O3. The van der Waals surface area contributed by atoms with E-state index in [1.54, 1.807) is 17.9 Å². The number of likely N-dealkylation sites (tertiary alicyclic amines) is 1. The molecule has 9 heteroatoms. The highest BCUT2D eigenvalue weighted by Crippen LogP contribution is 2.17. The fraction of sp³-hybridized carbons (Fsp3) is 0.500. The van der Waals surface area contributed by atoms with Gasteiger partial charge in [-0.1, -0.05) is 13.8 Å². The molecule has 2 aromatic heterocycles. The molecule has 1 unspecified atom stereocenters. The highest BCUT2D eigenvalue weighted by molar-refractivity contribution is 6.39. The smallest absolute Gasteiger partial charge is 0.315 e. The Kier molecular flexibility index (Phi) is 5.38. The number of carbonyl (C=O) groups excluding carboxylic acids is 2. The monoisotopic (exact) mass is 372 g/mol. The van der Waals surface area contributed by atoms with E-state index in [-0.39, 0.29) is 17.3 Å². The van der Waals surface area contributed by atoms with Crippen molar-refractivity contribution in [2.75, 3.05) is 18.4 Å². The number of H-pyrrole nitrogens is 1. The minimum atomic E-state index is -0.723. The lowest BCUT2D eigenvalue weighted by molar-refractivity contribution is -0.144. The zero-order valence-electron chi connectivity index (χ0n) is 15.8. The van der Waals surface area contributed by atoms with Crippen molar-refractivity contribution in [3.63, 3.8) is 0 Å². The fourth-order valence-corrected chi connectivity index (χ4v) is 3.21. The second-order valence-corrected chi connectivity index (χ2v) is 6.95. The van der Waals surface area contributed by atoms with Gasteiger partial charge in [0.15, 0.2) is 0 Å². The molecule has 0 saturated carbocycles. The number of amides is 2. The molecule has 0 bridgehead atoms. The van der Waals surface area contributed by atoms with E-state index in [0.29, 0.717) is 36.8 Å². The van der Waals surface area contributed by atoms with Gasteiger partial charge in [-0.2, -0.15) is 9.78 Å². The molecular weight excluding hydrogens is 348 g/mol. The third kappa shape index (κ3) is 4.24. The summed E-state index contributed by atoms with van der Waals surface area (Å²) < 4.78 is 1.33. The summed E-state index contributed by atoms with van der Waals surface area (Å²) in [6, 6.07) is 3.04. The van der Waals surface area contributed by atoms with Crippen LogP contribution in [0.1, 0.15) is 38.1 Å². The average Bonchev–Trinajstić information content (AvgIpc) is 3.00. The maximum Gasteiger partial charge on any atom is 0.315 e. The van der Waals surface area contributed by atoms with Crippen LogP contribution in [0, 0.1) is 12.8 Å². The first-order valence-corrected chi connectivity index (χ1v) is 9.15. The summed E-state index contributed by atoms with van der Waals surface area (Å²) >= 11 is 0. The number of rotatable bonds is 3. The molecule has 9 nitrogen and oxygen atoms in total. The number of nitrogens with one attached hydrogen (secondary N) is 2. The molecule has 27 heavy (non-hydrogen) atoms. The Morgan fingerprint density at radius 1 is 1.37 bits per heavy atom. The van der Waals surface area contributed by atoms with Gasteiger partial charge < -0.3 is 10.2 Å². The molecule has 0 aromatic carbocycles. The summed E-state index contributed by atoms with van der Waals surface area (Å²) in [7, 11) is 0. The first-order chi connectivity index (χ1) is 12.9. The van der Waals surface area contributed by atoms with E-state index in [9.17, 15) is 14.4 Å². The van der Waals surface area contributed by atoms with Crippen LogP contribution in [-0.4, -0.2) is 49.6 Å². The lowest BCUT2D eigenvalue weighted by atomic mass is 10.0. The van der Waals surface area contributed by atoms with E-state index in [4.69, 9.17) is 0 Å². The topological polar surface area (TPSA) is 113 Å². The van der Waals surface area contributed by atoms with Crippen LogP contribution in [0.5, 0.6) is 0 Å². The first-order valence-electron chi connectivity index (χ1n) is 9.15. The summed E-state index contributed by atoms with van der Waals surface area (Å²) in [5.74, 6) is -0.418. The van der Waals surface area contributed by atoms with Crippen molar-refractivity contribution in [1.29, 1.82) is 0 Å². The van der Waals surface area contributed by atoms with E-state index >= 15 is 0 Å². The Bertz CT molecular complexity index is 916. The Balaban J connectivity index is 1.84. The van der Waals surface area contributed by atoms with Crippen LogP contribution in [0.15, 0.2) is 16.9 Å². The summed E-state index contributed by atoms with van der Waals surface area (Å²) in [6.45, 7) is 6.88. The van der Waals surface area contributed by atoms with Crippen molar-refractivity contribution in [1.82, 2.24) is 24.6 Å². The van der Waals surface area contributed by atoms with E-state index in [1.165, 1.54) is 10.7 Å². The number of hydrogen-bond donors (Lipinski definition) is 2. The van der Waals surface area contributed by atoms with Gasteiger partial charge in [0.25, 0.3) is 5.56 Å². The highest BCUT2D eigenvalue weighted by Gasteiger charge is 2.27. The lowest BCUT2D eigenvalue weighted by Crippen LogP contribution is -2.44. The van der Waals surface area contributed by atoms with Gasteiger partial charge in [-0.25, -0.2) is 4.98 Å². The molecule has 0 aliphatic carbocycles. The van der Waals surface area contributed by atoms with E-state index in [1.807, 2.05) is 6.92 Å². The molecule has 2 amide bonds. The van der Waals surface area contributed by atoms with Gasteiger partial charge in [0.1, 0.15) is 5.82 Å². The zero-order chi connectivity index (χ0) is 19.6. The number of anilines is 1. The standard InChI is InChI=1S/C18H24N6O3/c1-4-13-9-15(25)21-18(19-13)24-14(8-12(3)22-24)20-16(26)17(27)23-7-5-6-11(2)10-23/h8-9,11H,4-7,10H2,1-3H3,(H,20,26)(H,19,21,25). The third-order valence-electron chi connectivity index (χ3n) is 4.56. The average molecular weight is 372 g/mol. The van der Waals surface area contributed by atoms with Gasteiger partial charge in [0.05, 0.1) is 5.69 Å². The molecule has 2 N–H and O–H groups in total. The Morgan fingerprint density at radius 3 is 2.85 bits per heavy atom. The summed E-state index contributed by atoms with van der Waals surface area (Å²) in [5, 5.41) is 6.89. The molecule has 1 atom stereocenters. The highest BCUT2D eigenvalue weighted by atomic mass is 16.2. The molecule has 1 aliphatic heterocycles. The summed E-state index contributed by atoms with van der Waals surface area (Å²) in [6.07, 6.45) is 2.54. The van der Waals surface area contributed by atoms with Crippen LogP contribution in [-0.2, 0) is 16.0 Å². The molecule has 3 heterocycles. The third-order valence-corrected chi connectivity index (χ3v) is 4.56. The van der Waals surface area contributed by atoms with Gasteiger partial charge in [-0.3, -0.25) is 19.4 Å². The molecule has 3 rings (SSSR count). The number of piperidine rings is 1. The maximum absolute atomic E-state index is 12.5. The van der Waals surface area contributed by atoms with E-state index in [0.717, 1.165) is 12.8 Å². The Hall–Kier alpha value is -2.97. The first kappa shape index (κ1) is 18.8. The molecule has 0 spiro atoms. The van der Waals surface area contributed by atoms with Crippen molar-refractivity contribution >= 4 is 17.6 Å². The SMILES string of the molecule is CCc1cc(=O)[nH]c(-n2nc(C)cc2NC(=O)C(=O)N2CCCC(C)C2)n1. The number of nitrogens with zero attached hydrogens (tertiary/aromatic N) is 4. The Labute approximate surface area is 156 Å². The van der Waals surface area contributed by atoms with Crippen LogP contribution < -0.4 is 10.9 Å². The van der Waals surface area contributed by atoms with Crippen LogP contribution in [0.25, 0.3) is 5.95 Å². The number of carbonyl (C=O) groups is 2. The predicted molar refractivity (Wildman–Crippen MR) is 99.7 cm³/mol.